The second-order valence-electron chi connectivity index (χ2n) is 7.19. The Morgan fingerprint density at radius 2 is 1.85 bits per heavy atom. The van der Waals surface area contributed by atoms with Crippen molar-refractivity contribution >= 4 is 11.8 Å². The smallest absolute Gasteiger partial charge is 0.0186 e. The molecule has 1 N–H and O–H groups in total. The SMILES string of the molecule is CCCNC(CSC1CCCC(C)C1)C1CCCCC1. The lowest BCUT2D eigenvalue weighted by Gasteiger charge is -2.33. The van der Waals surface area contributed by atoms with Crippen molar-refractivity contribution in [3.8, 4) is 0 Å². The monoisotopic (exact) mass is 297 g/mol. The highest BCUT2D eigenvalue weighted by atomic mass is 32.2. The maximum atomic E-state index is 3.87. The lowest BCUT2D eigenvalue weighted by atomic mass is 9.84. The predicted octanol–water partition coefficient (Wildman–Crippen LogP) is 5.25. The molecule has 118 valence electrons. The molecule has 2 saturated carbocycles. The minimum Gasteiger partial charge on any atom is -0.313 e. The first-order valence-electron chi connectivity index (χ1n) is 9.14. The molecule has 1 nitrogen and oxygen atoms in total. The third-order valence-corrected chi connectivity index (χ3v) is 6.73. The van der Waals surface area contributed by atoms with E-state index in [-0.39, 0.29) is 0 Å². The zero-order valence-electron chi connectivity index (χ0n) is 13.7. The van der Waals surface area contributed by atoms with Gasteiger partial charge in [-0.3, -0.25) is 0 Å². The molecule has 2 aliphatic carbocycles. The molecule has 2 fully saturated rings. The molecule has 0 aromatic rings. The Kier molecular flexibility index (Phi) is 7.80. The van der Waals surface area contributed by atoms with E-state index in [0.717, 1.165) is 23.1 Å². The van der Waals surface area contributed by atoms with Crippen molar-refractivity contribution in [2.75, 3.05) is 12.3 Å². The third-order valence-electron chi connectivity index (χ3n) is 5.28. The van der Waals surface area contributed by atoms with Gasteiger partial charge in [0.05, 0.1) is 0 Å². The minimum absolute atomic E-state index is 0.789. The second-order valence-corrected chi connectivity index (χ2v) is 8.52. The molecule has 0 aromatic carbocycles. The van der Waals surface area contributed by atoms with E-state index in [1.165, 1.54) is 76.5 Å². The quantitative estimate of drug-likeness (QED) is 0.689. The molecular formula is C18H35NS. The Morgan fingerprint density at radius 3 is 2.55 bits per heavy atom. The number of hydrogen-bond acceptors (Lipinski definition) is 2. The van der Waals surface area contributed by atoms with Crippen LogP contribution in [0.2, 0.25) is 0 Å². The van der Waals surface area contributed by atoms with E-state index in [9.17, 15) is 0 Å². The Bertz CT molecular complexity index is 250. The van der Waals surface area contributed by atoms with Gasteiger partial charge >= 0.3 is 0 Å². The highest BCUT2D eigenvalue weighted by molar-refractivity contribution is 7.99. The Balaban J connectivity index is 1.76. The van der Waals surface area contributed by atoms with Crippen LogP contribution in [0.25, 0.3) is 0 Å². The van der Waals surface area contributed by atoms with Crippen molar-refractivity contribution in [1.82, 2.24) is 5.32 Å². The van der Waals surface area contributed by atoms with Crippen LogP contribution in [-0.2, 0) is 0 Å². The molecule has 0 bridgehead atoms. The highest BCUT2D eigenvalue weighted by Gasteiger charge is 2.25. The first-order chi connectivity index (χ1) is 9.79. The summed E-state index contributed by atoms with van der Waals surface area (Å²) in [5.74, 6) is 3.30. The van der Waals surface area contributed by atoms with E-state index in [0.29, 0.717) is 0 Å². The van der Waals surface area contributed by atoms with Gasteiger partial charge in [-0.1, -0.05) is 46.0 Å². The molecule has 0 aromatic heterocycles. The van der Waals surface area contributed by atoms with Gasteiger partial charge < -0.3 is 5.32 Å². The first-order valence-corrected chi connectivity index (χ1v) is 10.2. The summed E-state index contributed by atoms with van der Waals surface area (Å²) in [6.45, 7) is 5.95. The summed E-state index contributed by atoms with van der Waals surface area (Å²) in [6, 6.07) is 0.789. The zero-order valence-corrected chi connectivity index (χ0v) is 14.5. The van der Waals surface area contributed by atoms with Gasteiger partial charge in [0, 0.05) is 17.0 Å². The van der Waals surface area contributed by atoms with E-state index in [4.69, 9.17) is 0 Å². The molecule has 2 rings (SSSR count). The fourth-order valence-electron chi connectivity index (χ4n) is 4.00. The molecule has 3 unspecified atom stereocenters. The van der Waals surface area contributed by atoms with Gasteiger partial charge in [0.1, 0.15) is 0 Å². The normalized spacial score (nSPS) is 30.3. The van der Waals surface area contributed by atoms with Crippen LogP contribution < -0.4 is 5.32 Å². The first kappa shape index (κ1) is 16.7. The summed E-state index contributed by atoms with van der Waals surface area (Å²) < 4.78 is 0. The van der Waals surface area contributed by atoms with Crippen molar-refractivity contribution in [1.29, 1.82) is 0 Å². The summed E-state index contributed by atoms with van der Waals surface area (Å²) in [7, 11) is 0. The average molecular weight is 298 g/mol. The number of rotatable bonds is 7. The Labute approximate surface area is 131 Å². The molecule has 2 aliphatic rings. The topological polar surface area (TPSA) is 12.0 Å². The van der Waals surface area contributed by atoms with Crippen molar-refractivity contribution in [2.45, 2.75) is 89.3 Å². The molecule has 0 amide bonds. The number of hydrogen-bond donors (Lipinski definition) is 1. The van der Waals surface area contributed by atoms with E-state index in [1.54, 1.807) is 0 Å². The van der Waals surface area contributed by atoms with Gasteiger partial charge in [-0.2, -0.15) is 11.8 Å². The van der Waals surface area contributed by atoms with Crippen LogP contribution in [0, 0.1) is 11.8 Å². The number of nitrogens with one attached hydrogen (secondary N) is 1. The Hall–Kier alpha value is 0.310. The molecule has 2 heteroatoms. The van der Waals surface area contributed by atoms with Gasteiger partial charge in [-0.05, 0) is 50.5 Å². The van der Waals surface area contributed by atoms with Crippen LogP contribution in [-0.4, -0.2) is 23.6 Å². The lowest BCUT2D eigenvalue weighted by molar-refractivity contribution is 0.285. The summed E-state index contributed by atoms with van der Waals surface area (Å²) in [5.41, 5.74) is 0. The fraction of sp³-hybridized carbons (Fsp3) is 1.00. The van der Waals surface area contributed by atoms with Crippen LogP contribution >= 0.6 is 11.8 Å². The van der Waals surface area contributed by atoms with Crippen LogP contribution in [0.15, 0.2) is 0 Å². The largest absolute Gasteiger partial charge is 0.313 e. The maximum absolute atomic E-state index is 3.87. The van der Waals surface area contributed by atoms with Gasteiger partial charge in [-0.25, -0.2) is 0 Å². The molecule has 3 atom stereocenters. The van der Waals surface area contributed by atoms with Crippen LogP contribution in [0.1, 0.15) is 78.1 Å². The second kappa shape index (κ2) is 9.35. The molecule has 0 aliphatic heterocycles. The van der Waals surface area contributed by atoms with E-state index >= 15 is 0 Å². The molecule has 0 saturated heterocycles. The van der Waals surface area contributed by atoms with Gasteiger partial charge in [-0.15, -0.1) is 0 Å². The molecule has 0 heterocycles. The minimum atomic E-state index is 0.789. The summed E-state index contributed by atoms with van der Waals surface area (Å²) >= 11 is 2.29. The zero-order chi connectivity index (χ0) is 14.2. The lowest BCUT2D eigenvalue weighted by Crippen LogP contribution is -2.40. The van der Waals surface area contributed by atoms with Crippen molar-refractivity contribution in [3.05, 3.63) is 0 Å². The molecule has 0 spiro atoms. The van der Waals surface area contributed by atoms with Gasteiger partial charge in [0.25, 0.3) is 0 Å². The standard InChI is InChI=1S/C18H35NS/c1-3-12-19-18(16-9-5-4-6-10-16)14-20-17-11-7-8-15(2)13-17/h15-19H,3-14H2,1-2H3. The van der Waals surface area contributed by atoms with Crippen LogP contribution in [0.4, 0.5) is 0 Å². The van der Waals surface area contributed by atoms with Crippen molar-refractivity contribution < 1.29 is 0 Å². The van der Waals surface area contributed by atoms with E-state index in [2.05, 4.69) is 30.9 Å². The summed E-state index contributed by atoms with van der Waals surface area (Å²) in [5, 5.41) is 4.82. The summed E-state index contributed by atoms with van der Waals surface area (Å²) in [6.07, 6.45) is 14.5. The predicted molar refractivity (Wildman–Crippen MR) is 92.5 cm³/mol. The third kappa shape index (κ3) is 5.60. The van der Waals surface area contributed by atoms with E-state index in [1.807, 2.05) is 0 Å². The highest BCUT2D eigenvalue weighted by Crippen LogP contribution is 2.34. The van der Waals surface area contributed by atoms with Gasteiger partial charge in [0.15, 0.2) is 0 Å². The molecular weight excluding hydrogens is 262 g/mol. The molecule has 0 radical (unpaired) electrons. The fourth-order valence-corrected chi connectivity index (χ4v) is 5.67. The Morgan fingerprint density at radius 1 is 1.05 bits per heavy atom. The van der Waals surface area contributed by atoms with Gasteiger partial charge in [0.2, 0.25) is 0 Å². The van der Waals surface area contributed by atoms with Crippen molar-refractivity contribution in [2.24, 2.45) is 11.8 Å². The number of thioether (sulfide) groups is 1. The maximum Gasteiger partial charge on any atom is 0.0186 e. The van der Waals surface area contributed by atoms with Crippen molar-refractivity contribution in [3.63, 3.8) is 0 Å². The molecule has 20 heavy (non-hydrogen) atoms. The average Bonchev–Trinajstić information content (AvgIpc) is 2.48. The van der Waals surface area contributed by atoms with Crippen LogP contribution in [0.3, 0.4) is 0 Å². The summed E-state index contributed by atoms with van der Waals surface area (Å²) in [4.78, 5) is 0. The van der Waals surface area contributed by atoms with Crippen LogP contribution in [0.5, 0.6) is 0 Å². The van der Waals surface area contributed by atoms with E-state index < -0.39 is 0 Å².